The van der Waals surface area contributed by atoms with E-state index in [1.54, 1.807) is 24.3 Å². The van der Waals surface area contributed by atoms with Crippen LogP contribution in [0.1, 0.15) is 18.4 Å². The van der Waals surface area contributed by atoms with Gasteiger partial charge in [-0.2, -0.15) is 5.26 Å². The Hall–Kier alpha value is -1.90. The van der Waals surface area contributed by atoms with Crippen molar-refractivity contribution in [3.05, 3.63) is 29.8 Å². The number of nitrogens with one attached hydrogen (secondary N) is 1. The fourth-order valence-electron chi connectivity index (χ4n) is 2.59. The first-order chi connectivity index (χ1) is 10.1. The van der Waals surface area contributed by atoms with Crippen LogP contribution in [0.2, 0.25) is 0 Å². The number of nitriles is 1. The number of benzene rings is 1. The molecule has 1 aromatic carbocycles. The lowest BCUT2D eigenvalue weighted by atomic mass is 10.2. The Morgan fingerprint density at radius 1 is 1.52 bits per heavy atom. The second-order valence-corrected chi connectivity index (χ2v) is 5.70. The molecule has 0 bridgehead atoms. The minimum atomic E-state index is -0.00149. The Bertz CT molecular complexity index is 535. The van der Waals surface area contributed by atoms with Gasteiger partial charge in [0.2, 0.25) is 5.91 Å². The molecular weight excluding hydrogens is 264 g/mol. The Labute approximate surface area is 126 Å². The van der Waals surface area contributed by atoms with Crippen LogP contribution in [-0.2, 0) is 4.79 Å². The molecule has 2 rings (SSSR count). The normalized spacial score (nSPS) is 18.7. The summed E-state index contributed by atoms with van der Waals surface area (Å²) in [6.07, 6.45) is 1.65. The van der Waals surface area contributed by atoms with Crippen molar-refractivity contribution in [2.75, 3.05) is 39.0 Å². The van der Waals surface area contributed by atoms with Crippen LogP contribution in [0.5, 0.6) is 0 Å². The van der Waals surface area contributed by atoms with Gasteiger partial charge in [0.1, 0.15) is 0 Å². The summed E-state index contributed by atoms with van der Waals surface area (Å²) in [7, 11) is 4.20. The number of nitrogens with zero attached hydrogens (tertiary/aromatic N) is 3. The van der Waals surface area contributed by atoms with E-state index < -0.39 is 0 Å². The summed E-state index contributed by atoms with van der Waals surface area (Å²) >= 11 is 0. The number of likely N-dealkylation sites (N-methyl/N-ethyl adjacent to an activating group) is 1. The summed E-state index contributed by atoms with van der Waals surface area (Å²) in [6, 6.07) is 9.66. The van der Waals surface area contributed by atoms with Crippen molar-refractivity contribution >= 4 is 11.6 Å². The van der Waals surface area contributed by atoms with E-state index in [0.717, 1.165) is 19.6 Å². The SMILES string of the molecule is CN(C)C1CCN(CCC(=O)Nc2cccc(C#N)c2)C1. The molecule has 1 unspecified atom stereocenters. The third kappa shape index (κ3) is 4.55. The van der Waals surface area contributed by atoms with E-state index in [4.69, 9.17) is 5.26 Å². The quantitative estimate of drug-likeness (QED) is 0.891. The van der Waals surface area contributed by atoms with E-state index >= 15 is 0 Å². The molecule has 21 heavy (non-hydrogen) atoms. The number of amides is 1. The number of anilines is 1. The number of likely N-dealkylation sites (tertiary alicyclic amines) is 1. The molecule has 5 heteroatoms. The largest absolute Gasteiger partial charge is 0.326 e. The van der Waals surface area contributed by atoms with Crippen molar-refractivity contribution in [3.8, 4) is 6.07 Å². The van der Waals surface area contributed by atoms with Gasteiger partial charge in [-0.25, -0.2) is 0 Å². The standard InChI is InChI=1S/C16H22N4O/c1-19(2)15-6-8-20(12-15)9-7-16(21)18-14-5-3-4-13(10-14)11-17/h3-5,10,15H,6-9,12H2,1-2H3,(H,18,21). The van der Waals surface area contributed by atoms with Crippen LogP contribution < -0.4 is 5.32 Å². The fourth-order valence-corrected chi connectivity index (χ4v) is 2.59. The smallest absolute Gasteiger partial charge is 0.225 e. The maximum atomic E-state index is 12.0. The van der Waals surface area contributed by atoms with Gasteiger partial charge in [-0.3, -0.25) is 4.79 Å². The molecule has 0 saturated carbocycles. The molecule has 1 aliphatic heterocycles. The van der Waals surface area contributed by atoms with Gasteiger partial charge in [0.15, 0.2) is 0 Å². The van der Waals surface area contributed by atoms with Gasteiger partial charge in [-0.15, -0.1) is 0 Å². The average molecular weight is 286 g/mol. The average Bonchev–Trinajstić information content (AvgIpc) is 2.94. The van der Waals surface area contributed by atoms with Crippen molar-refractivity contribution in [1.82, 2.24) is 9.80 Å². The molecule has 1 heterocycles. The molecule has 0 radical (unpaired) electrons. The predicted octanol–water partition coefficient (Wildman–Crippen LogP) is 1.52. The van der Waals surface area contributed by atoms with Crippen molar-refractivity contribution < 1.29 is 4.79 Å². The first kappa shape index (κ1) is 15.5. The summed E-state index contributed by atoms with van der Waals surface area (Å²) in [5, 5.41) is 11.7. The first-order valence-corrected chi connectivity index (χ1v) is 7.27. The fraction of sp³-hybridized carbons (Fsp3) is 0.500. The maximum absolute atomic E-state index is 12.0. The molecule has 1 amide bonds. The van der Waals surface area contributed by atoms with E-state index in [9.17, 15) is 4.79 Å². The molecule has 1 saturated heterocycles. The molecule has 1 aliphatic rings. The topological polar surface area (TPSA) is 59.4 Å². The van der Waals surface area contributed by atoms with Crippen LogP contribution in [0, 0.1) is 11.3 Å². The van der Waals surface area contributed by atoms with Crippen LogP contribution in [0.3, 0.4) is 0 Å². The third-order valence-electron chi connectivity index (χ3n) is 3.91. The molecule has 1 fully saturated rings. The van der Waals surface area contributed by atoms with E-state index in [1.807, 2.05) is 0 Å². The second kappa shape index (κ2) is 7.21. The minimum Gasteiger partial charge on any atom is -0.326 e. The molecule has 112 valence electrons. The summed E-state index contributed by atoms with van der Waals surface area (Å²) in [6.45, 7) is 2.87. The Kier molecular flexibility index (Phi) is 5.32. The summed E-state index contributed by atoms with van der Waals surface area (Å²) < 4.78 is 0. The monoisotopic (exact) mass is 286 g/mol. The highest BCUT2D eigenvalue weighted by Crippen LogP contribution is 2.14. The van der Waals surface area contributed by atoms with Gasteiger partial charge in [0.25, 0.3) is 0 Å². The third-order valence-corrected chi connectivity index (χ3v) is 3.91. The van der Waals surface area contributed by atoms with Crippen molar-refractivity contribution in [2.45, 2.75) is 18.9 Å². The highest BCUT2D eigenvalue weighted by Gasteiger charge is 2.23. The summed E-state index contributed by atoms with van der Waals surface area (Å²) in [4.78, 5) is 16.5. The number of rotatable bonds is 5. The molecule has 0 aromatic heterocycles. The molecule has 5 nitrogen and oxygen atoms in total. The molecule has 0 spiro atoms. The molecule has 0 aliphatic carbocycles. The van der Waals surface area contributed by atoms with Gasteiger partial charge < -0.3 is 15.1 Å². The van der Waals surface area contributed by atoms with E-state index in [1.165, 1.54) is 6.42 Å². The van der Waals surface area contributed by atoms with Gasteiger partial charge in [-0.1, -0.05) is 6.07 Å². The summed E-state index contributed by atoms with van der Waals surface area (Å²) in [5.41, 5.74) is 1.24. The zero-order valence-corrected chi connectivity index (χ0v) is 12.7. The van der Waals surface area contributed by atoms with E-state index in [2.05, 4.69) is 35.3 Å². The number of carbonyl (C=O) groups excluding carboxylic acids is 1. The number of hydrogen-bond donors (Lipinski definition) is 1. The maximum Gasteiger partial charge on any atom is 0.225 e. The zero-order chi connectivity index (χ0) is 15.2. The van der Waals surface area contributed by atoms with Crippen LogP contribution >= 0.6 is 0 Å². The van der Waals surface area contributed by atoms with Crippen molar-refractivity contribution in [3.63, 3.8) is 0 Å². The molecule has 1 N–H and O–H groups in total. The van der Waals surface area contributed by atoms with Gasteiger partial charge >= 0.3 is 0 Å². The van der Waals surface area contributed by atoms with Crippen LogP contribution in [0.25, 0.3) is 0 Å². The highest BCUT2D eigenvalue weighted by molar-refractivity contribution is 5.90. The minimum absolute atomic E-state index is 0.00149. The van der Waals surface area contributed by atoms with Gasteiger partial charge in [0, 0.05) is 31.2 Å². The first-order valence-electron chi connectivity index (χ1n) is 7.27. The Balaban J connectivity index is 1.76. The lowest BCUT2D eigenvalue weighted by Gasteiger charge is -2.20. The van der Waals surface area contributed by atoms with E-state index in [-0.39, 0.29) is 5.91 Å². The Morgan fingerprint density at radius 3 is 3.00 bits per heavy atom. The van der Waals surface area contributed by atoms with Crippen molar-refractivity contribution in [1.29, 1.82) is 5.26 Å². The highest BCUT2D eigenvalue weighted by atomic mass is 16.1. The number of hydrogen-bond acceptors (Lipinski definition) is 4. The van der Waals surface area contributed by atoms with Gasteiger partial charge in [-0.05, 0) is 45.3 Å². The second-order valence-electron chi connectivity index (χ2n) is 5.70. The van der Waals surface area contributed by atoms with Crippen LogP contribution in [0.4, 0.5) is 5.69 Å². The lowest BCUT2D eigenvalue weighted by molar-refractivity contribution is -0.116. The molecular formula is C16H22N4O. The predicted molar refractivity (Wildman–Crippen MR) is 82.9 cm³/mol. The zero-order valence-electron chi connectivity index (χ0n) is 12.7. The molecule has 1 aromatic rings. The Morgan fingerprint density at radius 2 is 2.33 bits per heavy atom. The van der Waals surface area contributed by atoms with Crippen LogP contribution in [-0.4, -0.2) is 55.5 Å². The summed E-state index contributed by atoms with van der Waals surface area (Å²) in [5.74, 6) is -0.00149. The van der Waals surface area contributed by atoms with Crippen molar-refractivity contribution in [2.24, 2.45) is 0 Å². The van der Waals surface area contributed by atoms with E-state index in [0.29, 0.717) is 23.7 Å². The van der Waals surface area contributed by atoms with Crippen LogP contribution in [0.15, 0.2) is 24.3 Å². The molecule has 1 atom stereocenters. The number of carbonyl (C=O) groups is 1. The lowest BCUT2D eigenvalue weighted by Crippen LogP contribution is -2.32. The van der Waals surface area contributed by atoms with Gasteiger partial charge in [0.05, 0.1) is 11.6 Å².